The summed E-state index contributed by atoms with van der Waals surface area (Å²) in [5, 5.41) is 0. The van der Waals surface area contributed by atoms with Crippen molar-refractivity contribution < 1.29 is 0 Å². The number of rotatable bonds is 2. The Kier molecular flexibility index (Phi) is 8.27. The van der Waals surface area contributed by atoms with Gasteiger partial charge in [0.05, 0.1) is 17.6 Å². The zero-order chi connectivity index (χ0) is 17.2. The van der Waals surface area contributed by atoms with E-state index in [-0.39, 0.29) is 0 Å². The molecule has 126 valence electrons. The lowest BCUT2D eigenvalue weighted by Crippen LogP contribution is -1.89. The monoisotopic (exact) mass is 314 g/mol. The standard InChI is InChI=1S/C11H11N3.C6H12.C2H7N/c1-8-4-5-14-10(9(2)12-3)7-13-11(14)6-8;1-6-4-2-3-5-6;1-2-3/h4-7H,2-3H2,1H3;6H,2-5H2,1H3;2-3H2,1H3. The van der Waals surface area contributed by atoms with Gasteiger partial charge in [-0.1, -0.05) is 46.1 Å². The van der Waals surface area contributed by atoms with Crippen molar-refractivity contribution in [1.82, 2.24) is 9.38 Å². The normalized spacial score (nSPS) is 13.7. The second kappa shape index (κ2) is 9.95. The molecule has 1 aliphatic carbocycles. The van der Waals surface area contributed by atoms with Crippen molar-refractivity contribution >= 4 is 18.1 Å². The Balaban J connectivity index is 0.000000244. The molecule has 0 bridgehead atoms. The van der Waals surface area contributed by atoms with E-state index in [1.165, 1.54) is 31.2 Å². The largest absolute Gasteiger partial charge is 0.331 e. The fraction of sp³-hybridized carbons (Fsp3) is 0.474. The fourth-order valence-corrected chi connectivity index (χ4v) is 2.51. The topological polar surface area (TPSA) is 55.7 Å². The number of fused-ring (bicyclic) bond motifs is 1. The molecule has 4 heteroatoms. The lowest BCUT2D eigenvalue weighted by molar-refractivity contribution is 0.612. The number of imidazole rings is 1. The van der Waals surface area contributed by atoms with Gasteiger partial charge in [-0.15, -0.1) is 0 Å². The molecule has 1 aliphatic rings. The van der Waals surface area contributed by atoms with Crippen molar-refractivity contribution in [2.24, 2.45) is 16.6 Å². The van der Waals surface area contributed by atoms with Crippen LogP contribution in [0, 0.1) is 12.8 Å². The van der Waals surface area contributed by atoms with Crippen LogP contribution in [-0.2, 0) is 0 Å². The minimum Gasteiger partial charge on any atom is -0.331 e. The Hall–Kier alpha value is -1.94. The van der Waals surface area contributed by atoms with E-state index >= 15 is 0 Å². The van der Waals surface area contributed by atoms with Crippen LogP contribution in [0.25, 0.3) is 11.3 Å². The van der Waals surface area contributed by atoms with Crippen molar-refractivity contribution in [3.63, 3.8) is 0 Å². The molecule has 0 spiro atoms. The van der Waals surface area contributed by atoms with Crippen LogP contribution < -0.4 is 5.73 Å². The van der Waals surface area contributed by atoms with Crippen molar-refractivity contribution in [1.29, 1.82) is 0 Å². The van der Waals surface area contributed by atoms with Crippen LogP contribution in [-0.4, -0.2) is 22.6 Å². The smallest absolute Gasteiger partial charge is 0.137 e. The fourth-order valence-electron chi connectivity index (χ4n) is 2.51. The maximum absolute atomic E-state index is 4.85. The molecule has 3 rings (SSSR count). The van der Waals surface area contributed by atoms with Crippen LogP contribution in [0.1, 0.15) is 50.8 Å². The highest BCUT2D eigenvalue weighted by molar-refractivity contribution is 5.65. The van der Waals surface area contributed by atoms with E-state index in [2.05, 4.69) is 30.2 Å². The molecule has 0 atom stereocenters. The molecule has 2 aromatic heterocycles. The third kappa shape index (κ3) is 5.99. The second-order valence-electron chi connectivity index (χ2n) is 5.98. The van der Waals surface area contributed by atoms with Crippen LogP contribution in [0.4, 0.5) is 0 Å². The molecule has 0 radical (unpaired) electrons. The van der Waals surface area contributed by atoms with Crippen molar-refractivity contribution in [3.8, 4) is 0 Å². The molecule has 1 fully saturated rings. The molecule has 0 unspecified atom stereocenters. The summed E-state index contributed by atoms with van der Waals surface area (Å²) in [6, 6.07) is 4.04. The van der Waals surface area contributed by atoms with E-state index in [0.29, 0.717) is 5.70 Å². The Labute approximate surface area is 140 Å². The molecule has 2 N–H and O–H groups in total. The van der Waals surface area contributed by atoms with Crippen molar-refractivity contribution in [2.45, 2.75) is 46.5 Å². The quantitative estimate of drug-likeness (QED) is 0.831. The molecule has 0 aliphatic heterocycles. The van der Waals surface area contributed by atoms with Gasteiger partial charge in [0.1, 0.15) is 5.65 Å². The first-order valence-electron chi connectivity index (χ1n) is 8.33. The molecular weight excluding hydrogens is 284 g/mol. The predicted molar refractivity (Wildman–Crippen MR) is 101 cm³/mol. The Morgan fingerprint density at radius 3 is 2.52 bits per heavy atom. The lowest BCUT2D eigenvalue weighted by atomic mass is 10.2. The van der Waals surface area contributed by atoms with Gasteiger partial charge in [-0.05, 0) is 43.8 Å². The molecule has 23 heavy (non-hydrogen) atoms. The third-order valence-corrected chi connectivity index (χ3v) is 3.80. The number of hydrogen-bond acceptors (Lipinski definition) is 3. The zero-order valence-electron chi connectivity index (χ0n) is 14.8. The summed E-state index contributed by atoms with van der Waals surface area (Å²) < 4.78 is 1.95. The summed E-state index contributed by atoms with van der Waals surface area (Å²) in [5.41, 5.74) is 8.47. The highest BCUT2D eigenvalue weighted by atomic mass is 15.0. The molecule has 4 nitrogen and oxygen atoms in total. The summed E-state index contributed by atoms with van der Waals surface area (Å²) in [5.74, 6) is 1.05. The van der Waals surface area contributed by atoms with Crippen molar-refractivity contribution in [2.75, 3.05) is 6.54 Å². The first-order valence-corrected chi connectivity index (χ1v) is 8.33. The minimum atomic E-state index is 0.640. The molecular formula is C19H30N4. The van der Waals surface area contributed by atoms with Crippen LogP contribution in [0.3, 0.4) is 0 Å². The van der Waals surface area contributed by atoms with Gasteiger partial charge >= 0.3 is 0 Å². The van der Waals surface area contributed by atoms with Gasteiger partial charge in [0.2, 0.25) is 0 Å². The average molecular weight is 314 g/mol. The Morgan fingerprint density at radius 2 is 2.04 bits per heavy atom. The summed E-state index contributed by atoms with van der Waals surface area (Å²) >= 11 is 0. The molecule has 2 heterocycles. The molecule has 0 amide bonds. The van der Waals surface area contributed by atoms with Gasteiger partial charge in [0.25, 0.3) is 0 Å². The first kappa shape index (κ1) is 19.1. The van der Waals surface area contributed by atoms with Gasteiger partial charge in [-0.25, -0.2) is 4.98 Å². The SMILES string of the molecule is C=NC(=C)c1cnc2cc(C)ccn12.CC1CCCC1.CCN. The van der Waals surface area contributed by atoms with E-state index in [0.717, 1.165) is 23.8 Å². The Bertz CT molecular complexity index is 621. The van der Waals surface area contributed by atoms with Crippen LogP contribution in [0.2, 0.25) is 0 Å². The van der Waals surface area contributed by atoms with E-state index in [4.69, 9.17) is 5.73 Å². The van der Waals surface area contributed by atoms with Gasteiger partial charge < -0.3 is 5.73 Å². The number of aliphatic imine (C=N–C) groups is 1. The summed E-state index contributed by atoms with van der Waals surface area (Å²) in [6.45, 7) is 14.3. The summed E-state index contributed by atoms with van der Waals surface area (Å²) in [7, 11) is 0. The number of hydrogen-bond donors (Lipinski definition) is 1. The summed E-state index contributed by atoms with van der Waals surface area (Å²) in [4.78, 5) is 8.06. The molecule has 2 aromatic rings. The van der Waals surface area contributed by atoms with E-state index in [1.807, 2.05) is 36.6 Å². The first-order chi connectivity index (χ1) is 11.0. The van der Waals surface area contributed by atoms with Crippen LogP contribution >= 0.6 is 0 Å². The second-order valence-corrected chi connectivity index (χ2v) is 5.98. The maximum atomic E-state index is 4.85. The van der Waals surface area contributed by atoms with E-state index in [9.17, 15) is 0 Å². The lowest BCUT2D eigenvalue weighted by Gasteiger charge is -2.00. The molecule has 1 saturated carbocycles. The number of nitrogens with two attached hydrogens (primary N) is 1. The molecule has 0 aromatic carbocycles. The maximum Gasteiger partial charge on any atom is 0.137 e. The Morgan fingerprint density at radius 1 is 1.43 bits per heavy atom. The average Bonchev–Trinajstić information content (AvgIpc) is 3.16. The van der Waals surface area contributed by atoms with Gasteiger partial charge in [0.15, 0.2) is 0 Å². The zero-order valence-corrected chi connectivity index (χ0v) is 14.8. The van der Waals surface area contributed by atoms with Gasteiger partial charge in [-0.3, -0.25) is 9.39 Å². The third-order valence-electron chi connectivity index (χ3n) is 3.80. The number of nitrogens with zero attached hydrogens (tertiary/aromatic N) is 3. The summed E-state index contributed by atoms with van der Waals surface area (Å²) in [6.07, 6.45) is 9.66. The van der Waals surface area contributed by atoms with E-state index < -0.39 is 0 Å². The highest BCUT2D eigenvalue weighted by Gasteiger charge is 2.07. The number of aromatic nitrogens is 2. The van der Waals surface area contributed by atoms with Gasteiger partial charge in [0, 0.05) is 6.20 Å². The highest BCUT2D eigenvalue weighted by Crippen LogP contribution is 2.23. The number of aryl methyl sites for hydroxylation is 1. The predicted octanol–water partition coefficient (Wildman–Crippen LogP) is 4.48. The van der Waals surface area contributed by atoms with E-state index in [1.54, 1.807) is 6.20 Å². The van der Waals surface area contributed by atoms with Crippen LogP contribution in [0.15, 0.2) is 36.1 Å². The van der Waals surface area contributed by atoms with Gasteiger partial charge in [-0.2, -0.15) is 0 Å². The number of pyridine rings is 1. The molecule has 0 saturated heterocycles. The van der Waals surface area contributed by atoms with Crippen molar-refractivity contribution in [3.05, 3.63) is 42.4 Å². The van der Waals surface area contributed by atoms with Crippen LogP contribution in [0.5, 0.6) is 0 Å². The minimum absolute atomic E-state index is 0.640.